The molecule has 4 bridgehead atoms. The van der Waals surface area contributed by atoms with E-state index in [-0.39, 0.29) is 0 Å². The van der Waals surface area contributed by atoms with Gasteiger partial charge in [-0.15, -0.1) is 0 Å². The van der Waals surface area contributed by atoms with Crippen molar-refractivity contribution in [1.29, 1.82) is 0 Å². The van der Waals surface area contributed by atoms with Crippen LogP contribution in [0.5, 0.6) is 0 Å². The van der Waals surface area contributed by atoms with Crippen LogP contribution in [-0.2, 0) is 0 Å². The fourth-order valence-corrected chi connectivity index (χ4v) is 4.83. The van der Waals surface area contributed by atoms with Gasteiger partial charge < -0.3 is 0 Å². The van der Waals surface area contributed by atoms with Gasteiger partial charge in [0.1, 0.15) is 0 Å². The highest BCUT2D eigenvalue weighted by Gasteiger charge is 2.53. The van der Waals surface area contributed by atoms with Crippen LogP contribution in [0.3, 0.4) is 0 Å². The molecule has 0 aromatic rings. The molecule has 0 radical (unpaired) electrons. The lowest BCUT2D eigenvalue weighted by molar-refractivity contribution is 0.151. The molecule has 0 aromatic carbocycles. The Labute approximate surface area is 75.7 Å². The van der Waals surface area contributed by atoms with Crippen molar-refractivity contribution < 1.29 is 0 Å². The largest absolute Gasteiger partial charge is 0.0625 e. The first-order valence-corrected chi connectivity index (χ1v) is 5.75. The van der Waals surface area contributed by atoms with E-state index in [9.17, 15) is 0 Å². The standard InChI is InChI=1S/C12H20/c1-7(2)12-10-4-8-3-9(6-10)11(12)5-8/h7-12H,3-6H2,1-2H3. The van der Waals surface area contributed by atoms with E-state index in [1.807, 2.05) is 0 Å². The normalized spacial score (nSPS) is 55.8. The van der Waals surface area contributed by atoms with Gasteiger partial charge in [0.15, 0.2) is 0 Å². The number of hydrogen-bond donors (Lipinski definition) is 0. The molecular weight excluding hydrogens is 144 g/mol. The van der Waals surface area contributed by atoms with Crippen LogP contribution in [0.15, 0.2) is 0 Å². The van der Waals surface area contributed by atoms with E-state index >= 15 is 0 Å². The Bertz CT molecular complexity index is 190. The molecule has 0 heteroatoms. The molecule has 68 valence electrons. The van der Waals surface area contributed by atoms with Crippen LogP contribution >= 0.6 is 0 Å². The minimum Gasteiger partial charge on any atom is -0.0625 e. The zero-order valence-corrected chi connectivity index (χ0v) is 8.29. The summed E-state index contributed by atoms with van der Waals surface area (Å²) in [7, 11) is 0. The molecule has 0 heterocycles. The van der Waals surface area contributed by atoms with Crippen molar-refractivity contribution in [3.63, 3.8) is 0 Å². The van der Waals surface area contributed by atoms with E-state index in [4.69, 9.17) is 0 Å². The molecular formula is C12H20. The molecule has 0 spiro atoms. The van der Waals surface area contributed by atoms with E-state index in [1.54, 1.807) is 25.7 Å². The zero-order chi connectivity index (χ0) is 8.29. The van der Waals surface area contributed by atoms with Gasteiger partial charge in [0.05, 0.1) is 0 Å². The van der Waals surface area contributed by atoms with Crippen molar-refractivity contribution in [2.45, 2.75) is 39.5 Å². The third-order valence-corrected chi connectivity index (χ3v) is 4.90. The molecule has 4 aliphatic carbocycles. The average molecular weight is 164 g/mol. The van der Waals surface area contributed by atoms with E-state index in [0.29, 0.717) is 0 Å². The minimum absolute atomic E-state index is 0.962. The summed E-state index contributed by atoms with van der Waals surface area (Å²) in [6, 6.07) is 0. The molecule has 0 saturated heterocycles. The van der Waals surface area contributed by atoms with Crippen molar-refractivity contribution in [2.75, 3.05) is 0 Å². The van der Waals surface area contributed by atoms with Crippen LogP contribution in [0.2, 0.25) is 0 Å². The van der Waals surface area contributed by atoms with Crippen LogP contribution < -0.4 is 0 Å². The Hall–Kier alpha value is 0. The Morgan fingerprint density at radius 2 is 1.67 bits per heavy atom. The minimum atomic E-state index is 0.962. The first kappa shape index (κ1) is 7.41. The van der Waals surface area contributed by atoms with E-state index in [2.05, 4.69) is 13.8 Å². The van der Waals surface area contributed by atoms with Gasteiger partial charge in [-0.1, -0.05) is 13.8 Å². The van der Waals surface area contributed by atoms with Gasteiger partial charge in [-0.2, -0.15) is 0 Å². The molecule has 0 nitrogen and oxygen atoms in total. The predicted octanol–water partition coefficient (Wildman–Crippen LogP) is 3.32. The second-order valence-corrected chi connectivity index (χ2v) is 5.81. The van der Waals surface area contributed by atoms with Gasteiger partial charge in [-0.25, -0.2) is 0 Å². The average Bonchev–Trinajstić information content (AvgIpc) is 2.38. The Balaban J connectivity index is 1.90. The second-order valence-electron chi connectivity index (χ2n) is 5.81. The summed E-state index contributed by atoms with van der Waals surface area (Å²) >= 11 is 0. The molecule has 4 saturated carbocycles. The quantitative estimate of drug-likeness (QED) is 0.557. The van der Waals surface area contributed by atoms with Gasteiger partial charge in [0.2, 0.25) is 0 Å². The lowest BCUT2D eigenvalue weighted by atomic mass is 9.71. The Morgan fingerprint density at radius 3 is 2.33 bits per heavy atom. The highest BCUT2D eigenvalue weighted by molar-refractivity contribution is 5.03. The zero-order valence-electron chi connectivity index (χ0n) is 8.29. The number of rotatable bonds is 1. The molecule has 0 N–H and O–H groups in total. The van der Waals surface area contributed by atoms with Crippen LogP contribution in [0.1, 0.15) is 39.5 Å². The summed E-state index contributed by atoms with van der Waals surface area (Å²) in [6.07, 6.45) is 6.40. The maximum absolute atomic E-state index is 2.44. The van der Waals surface area contributed by atoms with E-state index in [1.165, 1.54) is 5.92 Å². The predicted molar refractivity (Wildman–Crippen MR) is 50.8 cm³/mol. The fourth-order valence-electron chi connectivity index (χ4n) is 4.83. The van der Waals surface area contributed by atoms with Crippen molar-refractivity contribution in [1.82, 2.24) is 0 Å². The van der Waals surface area contributed by atoms with Crippen molar-refractivity contribution in [2.24, 2.45) is 35.5 Å². The monoisotopic (exact) mass is 164 g/mol. The maximum atomic E-state index is 2.44. The van der Waals surface area contributed by atoms with Crippen LogP contribution in [0.25, 0.3) is 0 Å². The first-order valence-electron chi connectivity index (χ1n) is 5.75. The third-order valence-electron chi connectivity index (χ3n) is 4.90. The van der Waals surface area contributed by atoms with Crippen molar-refractivity contribution >= 4 is 0 Å². The van der Waals surface area contributed by atoms with Crippen LogP contribution in [-0.4, -0.2) is 0 Å². The van der Waals surface area contributed by atoms with Crippen LogP contribution in [0, 0.1) is 35.5 Å². The third kappa shape index (κ3) is 0.791. The van der Waals surface area contributed by atoms with Crippen molar-refractivity contribution in [3.8, 4) is 0 Å². The van der Waals surface area contributed by atoms with Gasteiger partial charge >= 0.3 is 0 Å². The topological polar surface area (TPSA) is 0 Å². The highest BCUT2D eigenvalue weighted by Crippen LogP contribution is 2.62. The van der Waals surface area contributed by atoms with Gasteiger partial charge in [0, 0.05) is 0 Å². The highest BCUT2D eigenvalue weighted by atomic mass is 14.6. The molecule has 0 aliphatic heterocycles. The van der Waals surface area contributed by atoms with Gasteiger partial charge in [-0.3, -0.25) is 0 Å². The summed E-state index contributed by atoms with van der Waals surface area (Å²) < 4.78 is 0. The Morgan fingerprint density at radius 1 is 0.917 bits per heavy atom. The Kier molecular flexibility index (Phi) is 1.40. The van der Waals surface area contributed by atoms with Crippen molar-refractivity contribution in [3.05, 3.63) is 0 Å². The molecule has 4 rings (SSSR count). The number of hydrogen-bond acceptors (Lipinski definition) is 0. The lowest BCUT2D eigenvalue weighted by Gasteiger charge is -2.34. The molecule has 0 amide bonds. The molecule has 4 aliphatic rings. The van der Waals surface area contributed by atoms with Gasteiger partial charge in [-0.05, 0) is 61.2 Å². The SMILES string of the molecule is CC(C)C1C2CC3CC(C2)C1C3. The molecule has 12 heavy (non-hydrogen) atoms. The molecule has 0 aromatic heterocycles. The smallest absolute Gasteiger partial charge is 0.0331 e. The second kappa shape index (κ2) is 2.27. The molecule has 4 fully saturated rings. The fraction of sp³-hybridized carbons (Fsp3) is 1.00. The summed E-state index contributed by atoms with van der Waals surface area (Å²) in [4.78, 5) is 0. The molecule has 5 atom stereocenters. The summed E-state index contributed by atoms with van der Waals surface area (Å²) in [5, 5.41) is 0. The summed E-state index contributed by atoms with van der Waals surface area (Å²) in [5.74, 6) is 6.72. The van der Waals surface area contributed by atoms with Gasteiger partial charge in [0.25, 0.3) is 0 Å². The lowest BCUT2D eigenvalue weighted by Crippen LogP contribution is -2.26. The maximum Gasteiger partial charge on any atom is -0.0331 e. The summed E-state index contributed by atoms with van der Waals surface area (Å²) in [6.45, 7) is 4.89. The first-order chi connectivity index (χ1) is 5.75. The van der Waals surface area contributed by atoms with Crippen LogP contribution in [0.4, 0.5) is 0 Å². The van der Waals surface area contributed by atoms with E-state index < -0.39 is 0 Å². The molecule has 5 unspecified atom stereocenters. The van der Waals surface area contributed by atoms with E-state index in [0.717, 1.165) is 29.6 Å². The summed E-state index contributed by atoms with van der Waals surface area (Å²) in [5.41, 5.74) is 0.